The van der Waals surface area contributed by atoms with Crippen molar-refractivity contribution in [1.82, 2.24) is 16.2 Å². The number of hydrogen-bond donors (Lipinski definition) is 4. The molecule has 36 heavy (non-hydrogen) atoms. The lowest BCUT2D eigenvalue weighted by Crippen LogP contribution is -2.48. The monoisotopic (exact) mass is 504 g/mol. The molecule has 1 rings (SSSR count). The molecule has 0 aliphatic heterocycles. The number of amidine groups is 1. The maximum Gasteiger partial charge on any atom is 0.312 e. The van der Waals surface area contributed by atoms with E-state index in [0.717, 1.165) is 43.2 Å². The van der Waals surface area contributed by atoms with Crippen LogP contribution in [0.2, 0.25) is 0 Å². The van der Waals surface area contributed by atoms with Gasteiger partial charge in [0.05, 0.1) is 18.1 Å². The number of methoxy groups -OCH3 is 1. The van der Waals surface area contributed by atoms with E-state index in [-0.39, 0.29) is 17.9 Å². The summed E-state index contributed by atoms with van der Waals surface area (Å²) in [6.07, 6.45) is 4.27. The van der Waals surface area contributed by atoms with Crippen molar-refractivity contribution in [3.63, 3.8) is 0 Å². The maximum atomic E-state index is 12.5. The van der Waals surface area contributed by atoms with Gasteiger partial charge in [-0.3, -0.25) is 25.4 Å². The highest BCUT2D eigenvalue weighted by atomic mass is 16.5. The van der Waals surface area contributed by atoms with Gasteiger partial charge in [-0.15, -0.1) is 0 Å². The average Bonchev–Trinajstić information content (AvgIpc) is 2.78. The number of carbonyl (C=O) groups is 2. The number of hydrazine groups is 1. The highest BCUT2D eigenvalue weighted by molar-refractivity contribution is 6.00. The number of amides is 1. The van der Waals surface area contributed by atoms with Crippen molar-refractivity contribution in [1.29, 1.82) is 0 Å². The summed E-state index contributed by atoms with van der Waals surface area (Å²) in [6, 6.07) is 7.82. The van der Waals surface area contributed by atoms with Gasteiger partial charge >= 0.3 is 5.97 Å². The molecule has 8 nitrogen and oxygen atoms in total. The van der Waals surface area contributed by atoms with Crippen LogP contribution in [0, 0.1) is 18.3 Å². The molecule has 0 heterocycles. The quantitative estimate of drug-likeness (QED) is 0.101. The van der Waals surface area contributed by atoms with E-state index in [4.69, 9.17) is 9.73 Å². The van der Waals surface area contributed by atoms with Crippen LogP contribution in [0.25, 0.3) is 0 Å². The first-order chi connectivity index (χ1) is 16.8. The van der Waals surface area contributed by atoms with E-state index < -0.39 is 11.0 Å². The first kappa shape index (κ1) is 31.6. The van der Waals surface area contributed by atoms with Gasteiger partial charge in [-0.2, -0.15) is 0 Å². The lowest BCUT2D eigenvalue weighted by atomic mass is 9.78. The molecule has 1 aromatic rings. The number of nitrogens with one attached hydrogen (secondary N) is 3. The van der Waals surface area contributed by atoms with Gasteiger partial charge < -0.3 is 15.2 Å². The second kappa shape index (κ2) is 15.0. The molecule has 0 aliphatic carbocycles. The fourth-order valence-corrected chi connectivity index (χ4v) is 4.17. The van der Waals surface area contributed by atoms with E-state index in [2.05, 4.69) is 23.1 Å². The number of hydrogen-bond acceptors (Lipinski definition) is 6. The number of carbonyl (C=O) groups excluding carboxylic acids is 2. The molecule has 2 unspecified atom stereocenters. The van der Waals surface area contributed by atoms with Crippen LogP contribution >= 0.6 is 0 Å². The molecule has 0 radical (unpaired) electrons. The summed E-state index contributed by atoms with van der Waals surface area (Å²) >= 11 is 0. The molecule has 1 aromatic carbocycles. The van der Waals surface area contributed by atoms with E-state index in [1.807, 2.05) is 58.9 Å². The van der Waals surface area contributed by atoms with E-state index in [0.29, 0.717) is 24.8 Å². The molecule has 0 spiro atoms. The molecule has 0 saturated carbocycles. The summed E-state index contributed by atoms with van der Waals surface area (Å²) in [5, 5.41) is 13.6. The first-order valence-corrected chi connectivity index (χ1v) is 12.9. The Labute approximate surface area is 217 Å². The Morgan fingerprint density at radius 3 is 2.36 bits per heavy atom. The minimum Gasteiger partial charge on any atom is -0.469 e. The molecule has 4 N–H and O–H groups in total. The molecule has 0 bridgehead atoms. The van der Waals surface area contributed by atoms with Gasteiger partial charge in [0.2, 0.25) is 5.91 Å². The van der Waals surface area contributed by atoms with E-state index in [9.17, 15) is 14.7 Å². The van der Waals surface area contributed by atoms with Gasteiger partial charge in [-0.1, -0.05) is 44.0 Å². The topological polar surface area (TPSA) is 112 Å². The van der Waals surface area contributed by atoms with Gasteiger partial charge in [-0.05, 0) is 71.9 Å². The minimum absolute atomic E-state index is 0.0561. The van der Waals surface area contributed by atoms with Crippen molar-refractivity contribution < 1.29 is 19.4 Å². The van der Waals surface area contributed by atoms with Crippen molar-refractivity contribution in [2.24, 2.45) is 16.3 Å². The number of aryl methyl sites for hydroxylation is 1. The van der Waals surface area contributed by atoms with Crippen LogP contribution in [0.3, 0.4) is 0 Å². The third kappa shape index (κ3) is 11.5. The Hall–Kier alpha value is -2.45. The normalized spacial score (nSPS) is 14.2. The summed E-state index contributed by atoms with van der Waals surface area (Å²) in [5.41, 5.74) is 6.20. The van der Waals surface area contributed by atoms with E-state index in [1.165, 1.54) is 14.0 Å². The number of aliphatic hydroxyl groups is 1. The lowest BCUT2D eigenvalue weighted by molar-refractivity contribution is -0.152. The van der Waals surface area contributed by atoms with Gasteiger partial charge in [0.1, 0.15) is 5.84 Å². The van der Waals surface area contributed by atoms with Crippen LogP contribution in [0.15, 0.2) is 29.3 Å². The molecule has 204 valence electrons. The second-order valence-electron chi connectivity index (χ2n) is 11.0. The van der Waals surface area contributed by atoms with Crippen molar-refractivity contribution in [3.8, 4) is 0 Å². The predicted molar refractivity (Wildman–Crippen MR) is 146 cm³/mol. The number of benzene rings is 1. The van der Waals surface area contributed by atoms with Gasteiger partial charge in [0, 0.05) is 25.1 Å². The minimum atomic E-state index is -0.679. The Morgan fingerprint density at radius 2 is 1.78 bits per heavy atom. The molecule has 2 atom stereocenters. The largest absolute Gasteiger partial charge is 0.469 e. The Kier molecular flexibility index (Phi) is 13.1. The van der Waals surface area contributed by atoms with Crippen molar-refractivity contribution in [2.45, 2.75) is 92.2 Å². The van der Waals surface area contributed by atoms with Crippen molar-refractivity contribution in [3.05, 3.63) is 35.4 Å². The first-order valence-electron chi connectivity index (χ1n) is 12.9. The molecular formula is C28H48N4O4. The molecule has 0 aliphatic rings. The van der Waals surface area contributed by atoms with Crippen LogP contribution in [0.4, 0.5) is 0 Å². The molecule has 0 fully saturated rings. The standard InChI is InChI=1S/C28H48N4O4/c1-20(13-11-16-27(4,5)35)19-24(28(6,7)26(34)36-8)29-17-12-18-30-25(32-31-22(3)33)23-15-10-9-14-21(23)2/h9-10,14-15,20,24,29,35H,11-13,16-19H2,1-8H3,(H,30,32)(H,31,33). The summed E-state index contributed by atoms with van der Waals surface area (Å²) in [7, 11) is 1.43. The highest BCUT2D eigenvalue weighted by Crippen LogP contribution is 2.29. The molecule has 8 heteroatoms. The summed E-state index contributed by atoms with van der Waals surface area (Å²) in [5.74, 6) is 0.585. The van der Waals surface area contributed by atoms with E-state index in [1.54, 1.807) is 0 Å². The zero-order valence-electron chi connectivity index (χ0n) is 23.5. The average molecular weight is 505 g/mol. The summed E-state index contributed by atoms with van der Waals surface area (Å²) < 4.78 is 5.09. The highest BCUT2D eigenvalue weighted by Gasteiger charge is 2.38. The summed E-state index contributed by atoms with van der Waals surface area (Å²) in [4.78, 5) is 28.6. The zero-order valence-corrected chi connectivity index (χ0v) is 23.5. The smallest absolute Gasteiger partial charge is 0.312 e. The lowest BCUT2D eigenvalue weighted by Gasteiger charge is -2.34. The number of nitrogens with zero attached hydrogens (tertiary/aromatic N) is 1. The molecule has 1 amide bonds. The van der Waals surface area contributed by atoms with Crippen LogP contribution in [-0.2, 0) is 14.3 Å². The SMILES string of the molecule is COC(=O)C(C)(C)C(CC(C)CCCC(C)(C)O)NCCCN=C(NNC(C)=O)c1ccccc1C. The molecular weight excluding hydrogens is 456 g/mol. The maximum absolute atomic E-state index is 12.5. The number of aliphatic imine (C=N–C) groups is 1. The molecule has 0 aromatic heterocycles. The fraction of sp³-hybridized carbons (Fsp3) is 0.679. The van der Waals surface area contributed by atoms with Crippen LogP contribution in [0.5, 0.6) is 0 Å². The van der Waals surface area contributed by atoms with Crippen LogP contribution in [-0.4, -0.2) is 54.7 Å². The van der Waals surface area contributed by atoms with Crippen molar-refractivity contribution in [2.75, 3.05) is 20.2 Å². The third-order valence-corrected chi connectivity index (χ3v) is 6.46. The van der Waals surface area contributed by atoms with Crippen LogP contribution in [0.1, 0.15) is 84.8 Å². The fourth-order valence-electron chi connectivity index (χ4n) is 4.17. The third-order valence-electron chi connectivity index (χ3n) is 6.46. The number of esters is 1. The Balaban J connectivity index is 2.80. The zero-order chi connectivity index (χ0) is 27.4. The van der Waals surface area contributed by atoms with Crippen molar-refractivity contribution >= 4 is 17.7 Å². The Bertz CT molecular complexity index is 861. The van der Waals surface area contributed by atoms with Gasteiger partial charge in [0.25, 0.3) is 0 Å². The van der Waals surface area contributed by atoms with E-state index >= 15 is 0 Å². The predicted octanol–water partition coefficient (Wildman–Crippen LogP) is 3.90. The molecule has 0 saturated heterocycles. The Morgan fingerprint density at radius 1 is 1.11 bits per heavy atom. The van der Waals surface area contributed by atoms with Crippen LogP contribution < -0.4 is 16.2 Å². The number of rotatable bonds is 14. The van der Waals surface area contributed by atoms with Gasteiger partial charge in [0.15, 0.2) is 0 Å². The number of ether oxygens (including phenoxy) is 1. The second-order valence-corrected chi connectivity index (χ2v) is 11.0. The van der Waals surface area contributed by atoms with Gasteiger partial charge in [-0.25, -0.2) is 0 Å². The summed E-state index contributed by atoms with van der Waals surface area (Å²) in [6.45, 7) is 14.4.